The molecule has 30 heavy (non-hydrogen) atoms. The molecule has 3 heteroatoms. The van der Waals surface area contributed by atoms with Gasteiger partial charge < -0.3 is 0 Å². The van der Waals surface area contributed by atoms with Gasteiger partial charge in [0.2, 0.25) is 0 Å². The summed E-state index contributed by atoms with van der Waals surface area (Å²) in [7, 11) is 2.14. The summed E-state index contributed by atoms with van der Waals surface area (Å²) in [6.07, 6.45) is 0. The third-order valence-corrected chi connectivity index (χ3v) is 6.22. The lowest BCUT2D eigenvalue weighted by molar-refractivity contribution is -0.617. The van der Waals surface area contributed by atoms with Crippen LogP contribution < -0.4 is 4.57 Å². The van der Waals surface area contributed by atoms with Gasteiger partial charge in [-0.25, -0.2) is 8.96 Å². The first-order valence-corrected chi connectivity index (χ1v) is 10.1. The van der Waals surface area contributed by atoms with E-state index in [4.69, 9.17) is 0 Å². The van der Waals surface area contributed by atoms with E-state index in [2.05, 4.69) is 83.6 Å². The van der Waals surface area contributed by atoms with Crippen molar-refractivity contribution in [1.29, 1.82) is 0 Å². The van der Waals surface area contributed by atoms with E-state index in [9.17, 15) is 4.39 Å². The molecule has 0 saturated carbocycles. The van der Waals surface area contributed by atoms with Crippen LogP contribution >= 0.6 is 0 Å². The van der Waals surface area contributed by atoms with Crippen LogP contribution in [-0.2, 0) is 7.05 Å². The van der Waals surface area contributed by atoms with Crippen molar-refractivity contribution in [2.75, 3.05) is 0 Å². The van der Waals surface area contributed by atoms with Crippen LogP contribution in [-0.4, -0.2) is 4.40 Å². The first-order valence-electron chi connectivity index (χ1n) is 10.1. The zero-order valence-corrected chi connectivity index (χ0v) is 16.9. The molecule has 0 unspecified atom stereocenters. The van der Waals surface area contributed by atoms with Gasteiger partial charge in [-0.15, -0.1) is 0 Å². The van der Waals surface area contributed by atoms with E-state index < -0.39 is 0 Å². The van der Waals surface area contributed by atoms with E-state index in [0.29, 0.717) is 0 Å². The first kappa shape index (κ1) is 17.2. The van der Waals surface area contributed by atoms with Gasteiger partial charge in [-0.3, -0.25) is 0 Å². The number of hydrogen-bond donors (Lipinski definition) is 0. The number of para-hydroxylation sites is 2. The predicted octanol–water partition coefficient (Wildman–Crippen LogP) is 6.34. The van der Waals surface area contributed by atoms with Gasteiger partial charge in [0.05, 0.1) is 12.4 Å². The average Bonchev–Trinajstić information content (AvgIpc) is 3.07. The predicted molar refractivity (Wildman–Crippen MR) is 121 cm³/mol. The fourth-order valence-electron chi connectivity index (χ4n) is 4.80. The van der Waals surface area contributed by atoms with E-state index in [1.54, 1.807) is 0 Å². The number of pyridine rings is 1. The maximum atomic E-state index is 13.4. The summed E-state index contributed by atoms with van der Waals surface area (Å²) < 4.78 is 18.1. The number of nitrogens with zero attached hydrogens (tertiary/aromatic N) is 2. The first-order chi connectivity index (χ1) is 14.6. The van der Waals surface area contributed by atoms with Crippen molar-refractivity contribution >= 4 is 38.4 Å². The summed E-state index contributed by atoms with van der Waals surface area (Å²) in [4.78, 5) is 0. The van der Waals surface area contributed by atoms with Crippen LogP contribution in [0.4, 0.5) is 4.39 Å². The van der Waals surface area contributed by atoms with Crippen molar-refractivity contribution in [3.63, 3.8) is 0 Å². The number of aryl methyl sites for hydroxylation is 2. The summed E-state index contributed by atoms with van der Waals surface area (Å²) in [6.45, 7) is 2.18. The number of aromatic nitrogens is 2. The summed E-state index contributed by atoms with van der Waals surface area (Å²) >= 11 is 0. The number of halogens is 1. The normalized spacial score (nSPS) is 11.8. The minimum atomic E-state index is -0.214. The molecule has 2 heterocycles. The van der Waals surface area contributed by atoms with Crippen LogP contribution in [0.15, 0.2) is 84.9 Å². The lowest BCUT2D eigenvalue weighted by atomic mass is 9.98. The Kier molecular flexibility index (Phi) is 3.51. The van der Waals surface area contributed by atoms with Crippen molar-refractivity contribution < 1.29 is 8.96 Å². The summed E-state index contributed by atoms with van der Waals surface area (Å²) in [5.74, 6) is -0.214. The van der Waals surface area contributed by atoms with E-state index in [1.807, 2.05) is 12.1 Å². The minimum absolute atomic E-state index is 0.214. The van der Waals surface area contributed by atoms with Crippen molar-refractivity contribution in [3.8, 4) is 11.1 Å². The third-order valence-electron chi connectivity index (χ3n) is 6.22. The molecule has 6 rings (SSSR count). The number of benzene rings is 4. The van der Waals surface area contributed by atoms with Crippen LogP contribution in [0.25, 0.3) is 49.5 Å². The van der Waals surface area contributed by atoms with Gasteiger partial charge >= 0.3 is 0 Å². The Labute approximate surface area is 173 Å². The molecule has 6 aromatic rings. The molecule has 2 nitrogen and oxygen atoms in total. The second-order valence-corrected chi connectivity index (χ2v) is 7.94. The van der Waals surface area contributed by atoms with Gasteiger partial charge in [-0.2, -0.15) is 4.40 Å². The highest BCUT2D eigenvalue weighted by molar-refractivity contribution is 6.14. The topological polar surface area (TPSA) is 8.29 Å². The molecule has 0 saturated heterocycles. The number of fused-ring (bicyclic) bond motifs is 8. The smallest absolute Gasteiger partial charge is 0.225 e. The lowest BCUT2D eigenvalue weighted by Crippen LogP contribution is -2.27. The second kappa shape index (κ2) is 6.14. The largest absolute Gasteiger partial charge is 0.295 e. The molecule has 0 bridgehead atoms. The number of rotatable bonds is 1. The van der Waals surface area contributed by atoms with Crippen LogP contribution in [0.5, 0.6) is 0 Å². The summed E-state index contributed by atoms with van der Waals surface area (Å²) in [6, 6.07) is 28.3. The lowest BCUT2D eigenvalue weighted by Gasteiger charge is -2.09. The molecular formula is C27H20FN2+. The molecule has 0 fully saturated rings. The fourth-order valence-corrected chi connectivity index (χ4v) is 4.80. The standard InChI is InChI=1S/C27H20FN2/c1-17-6-5-7-21-22-16-19(18-10-13-20(28)14-11-18)12-15-23(22)30-25-9-4-3-8-24(25)29(2)27(30)26(17)21/h3-16H,1-2H3/q+1. The third kappa shape index (κ3) is 2.26. The van der Waals surface area contributed by atoms with Crippen LogP contribution in [0.1, 0.15) is 5.56 Å². The zero-order valence-electron chi connectivity index (χ0n) is 16.9. The highest BCUT2D eigenvalue weighted by Crippen LogP contribution is 2.35. The molecule has 0 amide bonds. The quantitative estimate of drug-likeness (QED) is 0.228. The monoisotopic (exact) mass is 391 g/mol. The highest BCUT2D eigenvalue weighted by atomic mass is 19.1. The molecular weight excluding hydrogens is 371 g/mol. The van der Waals surface area contributed by atoms with Gasteiger partial charge in [0.1, 0.15) is 11.3 Å². The van der Waals surface area contributed by atoms with Gasteiger partial charge in [0.15, 0.2) is 11.0 Å². The molecule has 144 valence electrons. The van der Waals surface area contributed by atoms with Crippen molar-refractivity contribution in [3.05, 3.63) is 96.3 Å². The fraction of sp³-hybridized carbons (Fsp3) is 0.0741. The highest BCUT2D eigenvalue weighted by Gasteiger charge is 2.24. The number of imidazole rings is 1. The van der Waals surface area contributed by atoms with E-state index in [1.165, 1.54) is 56.1 Å². The Balaban J connectivity index is 1.85. The summed E-state index contributed by atoms with van der Waals surface area (Å²) in [5.41, 5.74) is 8.13. The SMILES string of the molecule is Cc1cccc2c3cc(-c4ccc(F)cc4)ccc3n3c4ccccc4[n+](C)c3c12. The Morgan fingerprint density at radius 3 is 2.33 bits per heavy atom. The number of hydrogen-bond acceptors (Lipinski definition) is 0. The minimum Gasteiger partial charge on any atom is -0.225 e. The van der Waals surface area contributed by atoms with Crippen molar-refractivity contribution in [2.45, 2.75) is 6.92 Å². The van der Waals surface area contributed by atoms with Gasteiger partial charge in [0, 0.05) is 10.8 Å². The van der Waals surface area contributed by atoms with E-state index >= 15 is 0 Å². The van der Waals surface area contributed by atoms with Gasteiger partial charge in [-0.1, -0.05) is 48.5 Å². The van der Waals surface area contributed by atoms with Crippen molar-refractivity contribution in [1.82, 2.24) is 4.40 Å². The zero-order chi connectivity index (χ0) is 20.4. The van der Waals surface area contributed by atoms with Crippen LogP contribution in [0, 0.1) is 12.7 Å². The Morgan fingerprint density at radius 2 is 1.50 bits per heavy atom. The second-order valence-electron chi connectivity index (χ2n) is 7.94. The molecule has 0 N–H and O–H groups in total. The Hall–Kier alpha value is -3.72. The summed E-state index contributed by atoms with van der Waals surface area (Å²) in [5, 5.41) is 3.70. The maximum Gasteiger partial charge on any atom is 0.295 e. The maximum absolute atomic E-state index is 13.4. The van der Waals surface area contributed by atoms with Crippen LogP contribution in [0.3, 0.4) is 0 Å². The van der Waals surface area contributed by atoms with Crippen molar-refractivity contribution in [2.24, 2.45) is 7.05 Å². The molecule has 0 spiro atoms. The molecule has 0 aliphatic rings. The van der Waals surface area contributed by atoms with Gasteiger partial charge in [-0.05, 0) is 60.0 Å². The average molecular weight is 391 g/mol. The molecule has 0 radical (unpaired) electrons. The molecule has 2 aromatic heterocycles. The van der Waals surface area contributed by atoms with Crippen LogP contribution in [0.2, 0.25) is 0 Å². The Bertz CT molecular complexity index is 1610. The Morgan fingerprint density at radius 1 is 0.733 bits per heavy atom. The molecule has 0 aliphatic carbocycles. The molecule has 0 aliphatic heterocycles. The molecule has 4 aromatic carbocycles. The molecule has 0 atom stereocenters. The van der Waals surface area contributed by atoms with E-state index in [0.717, 1.165) is 11.1 Å². The van der Waals surface area contributed by atoms with E-state index in [-0.39, 0.29) is 5.82 Å². The van der Waals surface area contributed by atoms with Gasteiger partial charge in [0.25, 0.3) is 5.65 Å².